The predicted octanol–water partition coefficient (Wildman–Crippen LogP) is 3.67. The molecule has 0 aliphatic rings. The Morgan fingerprint density at radius 3 is 2.62 bits per heavy atom. The van der Waals surface area contributed by atoms with Crippen LogP contribution < -0.4 is 10.1 Å². The number of nitrogens with one attached hydrogen (secondary N) is 1. The van der Waals surface area contributed by atoms with E-state index in [9.17, 15) is 4.79 Å². The predicted molar refractivity (Wildman–Crippen MR) is 99.8 cm³/mol. The van der Waals surface area contributed by atoms with E-state index in [1.165, 1.54) is 0 Å². The molecule has 0 saturated heterocycles. The smallest absolute Gasteiger partial charge is 0.276 e. The van der Waals surface area contributed by atoms with Gasteiger partial charge >= 0.3 is 0 Å². The molecule has 0 fully saturated rings. The van der Waals surface area contributed by atoms with Gasteiger partial charge in [-0.05, 0) is 43.3 Å². The number of carbonyl (C=O) groups excluding carboxylic acids is 1. The Kier molecular flexibility index (Phi) is 5.66. The SMILES string of the molecule is CCOCc1ccccc1NC(=O)c1ccn(-c2ccc(OC)cc2)n1. The summed E-state index contributed by atoms with van der Waals surface area (Å²) in [5.41, 5.74) is 2.84. The van der Waals surface area contributed by atoms with Gasteiger partial charge in [0.25, 0.3) is 5.91 Å². The summed E-state index contributed by atoms with van der Waals surface area (Å²) in [7, 11) is 1.62. The van der Waals surface area contributed by atoms with E-state index in [1.807, 2.05) is 55.5 Å². The van der Waals surface area contributed by atoms with Gasteiger partial charge in [0.2, 0.25) is 0 Å². The molecule has 1 heterocycles. The fourth-order valence-corrected chi connectivity index (χ4v) is 2.49. The molecule has 0 unspecified atom stereocenters. The second-order valence-electron chi connectivity index (χ2n) is 5.59. The first kappa shape index (κ1) is 17.7. The maximum atomic E-state index is 12.5. The van der Waals surface area contributed by atoms with Gasteiger partial charge in [-0.1, -0.05) is 18.2 Å². The molecule has 0 aliphatic heterocycles. The highest BCUT2D eigenvalue weighted by Crippen LogP contribution is 2.18. The first-order valence-corrected chi connectivity index (χ1v) is 8.38. The Bertz CT molecular complexity index is 872. The van der Waals surface area contributed by atoms with Gasteiger partial charge < -0.3 is 14.8 Å². The lowest BCUT2D eigenvalue weighted by Crippen LogP contribution is -2.14. The number of anilines is 1. The number of para-hydroxylation sites is 1. The molecule has 134 valence electrons. The van der Waals surface area contributed by atoms with E-state index in [0.717, 1.165) is 22.7 Å². The van der Waals surface area contributed by atoms with Crippen LogP contribution in [0.1, 0.15) is 23.0 Å². The molecule has 1 amide bonds. The monoisotopic (exact) mass is 351 g/mol. The van der Waals surface area contributed by atoms with Crippen molar-refractivity contribution in [3.8, 4) is 11.4 Å². The highest BCUT2D eigenvalue weighted by atomic mass is 16.5. The van der Waals surface area contributed by atoms with Crippen molar-refractivity contribution in [1.82, 2.24) is 9.78 Å². The maximum Gasteiger partial charge on any atom is 0.276 e. The molecule has 0 radical (unpaired) electrons. The van der Waals surface area contributed by atoms with Gasteiger partial charge in [-0.15, -0.1) is 0 Å². The minimum atomic E-state index is -0.263. The number of ether oxygens (including phenoxy) is 2. The molecule has 0 spiro atoms. The van der Waals surface area contributed by atoms with E-state index in [1.54, 1.807) is 24.1 Å². The molecular weight excluding hydrogens is 330 g/mol. The molecule has 3 aromatic rings. The Morgan fingerprint density at radius 1 is 1.12 bits per heavy atom. The second-order valence-corrected chi connectivity index (χ2v) is 5.59. The van der Waals surface area contributed by atoms with Crippen LogP contribution in [0.15, 0.2) is 60.8 Å². The summed E-state index contributed by atoms with van der Waals surface area (Å²) in [6.45, 7) is 3.01. The van der Waals surface area contributed by atoms with Crippen molar-refractivity contribution in [3.63, 3.8) is 0 Å². The number of amides is 1. The Morgan fingerprint density at radius 2 is 1.88 bits per heavy atom. The van der Waals surface area contributed by atoms with Crippen LogP contribution in [0.2, 0.25) is 0 Å². The van der Waals surface area contributed by atoms with Crippen LogP contribution in [0.4, 0.5) is 5.69 Å². The third kappa shape index (κ3) is 4.10. The minimum Gasteiger partial charge on any atom is -0.497 e. The van der Waals surface area contributed by atoms with Crippen molar-refractivity contribution in [2.24, 2.45) is 0 Å². The van der Waals surface area contributed by atoms with Crippen LogP contribution in [0.5, 0.6) is 5.75 Å². The van der Waals surface area contributed by atoms with E-state index in [-0.39, 0.29) is 5.91 Å². The first-order valence-electron chi connectivity index (χ1n) is 8.38. The van der Waals surface area contributed by atoms with Gasteiger partial charge in [0.15, 0.2) is 5.69 Å². The van der Waals surface area contributed by atoms with Crippen molar-refractivity contribution in [2.45, 2.75) is 13.5 Å². The van der Waals surface area contributed by atoms with Crippen LogP contribution in [0.25, 0.3) is 5.69 Å². The van der Waals surface area contributed by atoms with Gasteiger partial charge in [-0.2, -0.15) is 5.10 Å². The average Bonchev–Trinajstić information content (AvgIpc) is 3.18. The van der Waals surface area contributed by atoms with Gasteiger partial charge in [0.05, 0.1) is 19.4 Å². The summed E-state index contributed by atoms with van der Waals surface area (Å²) < 4.78 is 12.3. The van der Waals surface area contributed by atoms with E-state index in [2.05, 4.69) is 10.4 Å². The van der Waals surface area contributed by atoms with Crippen molar-refractivity contribution in [1.29, 1.82) is 0 Å². The van der Waals surface area contributed by atoms with Crippen LogP contribution in [-0.2, 0) is 11.3 Å². The maximum absolute atomic E-state index is 12.5. The highest BCUT2D eigenvalue weighted by Gasteiger charge is 2.12. The topological polar surface area (TPSA) is 65.4 Å². The zero-order valence-electron chi connectivity index (χ0n) is 14.8. The fraction of sp³-hybridized carbons (Fsp3) is 0.200. The van der Waals surface area contributed by atoms with Crippen molar-refractivity contribution < 1.29 is 14.3 Å². The number of hydrogen-bond donors (Lipinski definition) is 1. The molecule has 0 bridgehead atoms. The number of carbonyl (C=O) groups is 1. The lowest BCUT2D eigenvalue weighted by atomic mass is 10.2. The number of rotatable bonds is 7. The Labute approximate surface area is 152 Å². The van der Waals surface area contributed by atoms with Gasteiger partial charge in [0.1, 0.15) is 5.75 Å². The molecule has 0 saturated carbocycles. The standard InChI is InChI=1S/C20H21N3O3/c1-3-26-14-15-6-4-5-7-18(15)21-20(24)19-12-13-23(22-19)16-8-10-17(25-2)11-9-16/h4-13H,3,14H2,1-2H3,(H,21,24). The van der Waals surface area contributed by atoms with Crippen molar-refractivity contribution in [3.05, 3.63) is 72.1 Å². The summed E-state index contributed by atoms with van der Waals surface area (Å²) in [5.74, 6) is 0.506. The number of hydrogen-bond acceptors (Lipinski definition) is 4. The highest BCUT2D eigenvalue weighted by molar-refractivity contribution is 6.03. The summed E-state index contributed by atoms with van der Waals surface area (Å²) in [6, 6.07) is 16.7. The van der Waals surface area contributed by atoms with E-state index in [4.69, 9.17) is 9.47 Å². The lowest BCUT2D eigenvalue weighted by molar-refractivity contribution is 0.102. The molecule has 0 aliphatic carbocycles. The second kappa shape index (κ2) is 8.31. The number of aromatic nitrogens is 2. The third-order valence-corrected chi connectivity index (χ3v) is 3.89. The first-order chi connectivity index (χ1) is 12.7. The van der Waals surface area contributed by atoms with Crippen LogP contribution in [0, 0.1) is 0 Å². The van der Waals surface area contributed by atoms with Crippen molar-refractivity contribution >= 4 is 11.6 Å². The summed E-state index contributed by atoms with van der Waals surface area (Å²) >= 11 is 0. The number of benzene rings is 2. The van der Waals surface area contributed by atoms with E-state index < -0.39 is 0 Å². The zero-order valence-corrected chi connectivity index (χ0v) is 14.8. The van der Waals surface area contributed by atoms with Crippen LogP contribution in [0.3, 0.4) is 0 Å². The molecule has 2 aromatic carbocycles. The summed E-state index contributed by atoms with van der Waals surface area (Å²) in [6.07, 6.45) is 1.75. The third-order valence-electron chi connectivity index (χ3n) is 3.89. The molecule has 26 heavy (non-hydrogen) atoms. The summed E-state index contributed by atoms with van der Waals surface area (Å²) in [5, 5.41) is 7.26. The number of nitrogens with zero attached hydrogens (tertiary/aromatic N) is 2. The molecule has 6 heteroatoms. The van der Waals surface area contributed by atoms with Crippen LogP contribution in [-0.4, -0.2) is 29.4 Å². The quantitative estimate of drug-likeness (QED) is 0.705. The molecule has 0 atom stereocenters. The minimum absolute atomic E-state index is 0.263. The summed E-state index contributed by atoms with van der Waals surface area (Å²) in [4.78, 5) is 12.5. The van der Waals surface area contributed by atoms with E-state index >= 15 is 0 Å². The molecule has 1 N–H and O–H groups in total. The lowest BCUT2D eigenvalue weighted by Gasteiger charge is -2.10. The van der Waals surface area contributed by atoms with Crippen molar-refractivity contribution in [2.75, 3.05) is 19.0 Å². The van der Waals surface area contributed by atoms with Crippen LogP contribution >= 0.6 is 0 Å². The van der Waals surface area contributed by atoms with Gasteiger partial charge in [-0.25, -0.2) is 4.68 Å². The molecular formula is C20H21N3O3. The average molecular weight is 351 g/mol. The zero-order chi connectivity index (χ0) is 18.4. The molecule has 6 nitrogen and oxygen atoms in total. The van der Waals surface area contributed by atoms with E-state index in [0.29, 0.717) is 18.9 Å². The Balaban J connectivity index is 1.74. The Hall–Kier alpha value is -3.12. The normalized spacial score (nSPS) is 10.5. The largest absolute Gasteiger partial charge is 0.497 e. The van der Waals surface area contributed by atoms with Gasteiger partial charge in [0, 0.05) is 24.1 Å². The fourth-order valence-electron chi connectivity index (χ4n) is 2.49. The molecule has 1 aromatic heterocycles. The molecule has 3 rings (SSSR count). The van der Waals surface area contributed by atoms with Gasteiger partial charge in [-0.3, -0.25) is 4.79 Å². The number of methoxy groups -OCH3 is 1.